The lowest BCUT2D eigenvalue weighted by atomic mass is 10.2. The second kappa shape index (κ2) is 3.54. The third-order valence-corrected chi connectivity index (χ3v) is 3.43. The maximum absolute atomic E-state index is 5.25. The van der Waals surface area contributed by atoms with Crippen LogP contribution in [0.15, 0.2) is 36.5 Å². The Kier molecular flexibility index (Phi) is 2.15. The van der Waals surface area contributed by atoms with E-state index in [1.807, 2.05) is 24.4 Å². The highest BCUT2D eigenvalue weighted by atomic mass is 32.1. The maximum Gasteiger partial charge on any atom is 0.143 e. The lowest BCUT2D eigenvalue weighted by Crippen LogP contribution is -1.79. The number of nitrogens with one attached hydrogen (secondary N) is 2. The van der Waals surface area contributed by atoms with Gasteiger partial charge in [0.15, 0.2) is 0 Å². The van der Waals surface area contributed by atoms with Gasteiger partial charge in [-0.2, -0.15) is 0 Å². The number of nitrogens with zero attached hydrogens (tertiary/aromatic N) is 1. The molecule has 2 heterocycles. The van der Waals surface area contributed by atoms with Crippen LogP contribution in [0.2, 0.25) is 0 Å². The molecule has 5 heteroatoms. The molecule has 16 heavy (non-hydrogen) atoms. The molecule has 3 rings (SSSR count). The SMILES string of the molecule is S=c1c(-c2cc3ccccc3[nH]2)c[nH]n1S. The predicted molar refractivity (Wildman–Crippen MR) is 71.3 cm³/mol. The van der Waals surface area contributed by atoms with Gasteiger partial charge in [-0.1, -0.05) is 30.4 Å². The Morgan fingerprint density at radius 1 is 1.25 bits per heavy atom. The molecule has 1 aromatic carbocycles. The van der Waals surface area contributed by atoms with E-state index in [2.05, 4.69) is 35.0 Å². The normalized spacial score (nSPS) is 11.1. The third-order valence-electron chi connectivity index (χ3n) is 2.57. The first kappa shape index (κ1) is 9.74. The number of benzene rings is 1. The Balaban J connectivity index is 2.27. The first-order chi connectivity index (χ1) is 7.75. The van der Waals surface area contributed by atoms with Crippen molar-refractivity contribution < 1.29 is 0 Å². The molecule has 0 atom stereocenters. The molecule has 0 amide bonds. The van der Waals surface area contributed by atoms with E-state index in [-0.39, 0.29) is 0 Å². The van der Waals surface area contributed by atoms with Crippen molar-refractivity contribution in [3.8, 4) is 11.3 Å². The zero-order valence-corrected chi connectivity index (χ0v) is 9.98. The Morgan fingerprint density at radius 3 is 2.75 bits per heavy atom. The number of hydrogen-bond acceptors (Lipinski definition) is 2. The van der Waals surface area contributed by atoms with Crippen molar-refractivity contribution in [2.45, 2.75) is 0 Å². The van der Waals surface area contributed by atoms with Crippen LogP contribution in [0.25, 0.3) is 22.2 Å². The minimum Gasteiger partial charge on any atom is -0.354 e. The average molecular weight is 247 g/mol. The molecule has 0 fully saturated rings. The summed E-state index contributed by atoms with van der Waals surface area (Å²) in [6.07, 6.45) is 1.85. The van der Waals surface area contributed by atoms with E-state index in [0.29, 0.717) is 4.64 Å². The molecule has 0 bridgehead atoms. The maximum atomic E-state index is 5.25. The van der Waals surface area contributed by atoms with Crippen LogP contribution in [-0.2, 0) is 0 Å². The summed E-state index contributed by atoms with van der Waals surface area (Å²) in [6, 6.07) is 10.2. The van der Waals surface area contributed by atoms with E-state index < -0.39 is 0 Å². The van der Waals surface area contributed by atoms with Crippen LogP contribution in [0.3, 0.4) is 0 Å². The zero-order valence-electron chi connectivity index (χ0n) is 8.27. The van der Waals surface area contributed by atoms with Gasteiger partial charge in [-0.3, -0.25) is 5.10 Å². The molecule has 0 unspecified atom stereocenters. The number of para-hydroxylation sites is 1. The van der Waals surface area contributed by atoms with Gasteiger partial charge >= 0.3 is 0 Å². The number of H-pyrrole nitrogens is 2. The minimum atomic E-state index is 0.676. The Morgan fingerprint density at radius 2 is 2.06 bits per heavy atom. The van der Waals surface area contributed by atoms with Gasteiger partial charge in [0, 0.05) is 17.1 Å². The van der Waals surface area contributed by atoms with Crippen molar-refractivity contribution in [2.75, 3.05) is 0 Å². The summed E-state index contributed by atoms with van der Waals surface area (Å²) in [4.78, 5) is 3.33. The van der Waals surface area contributed by atoms with Crippen LogP contribution in [0, 0.1) is 4.64 Å². The van der Waals surface area contributed by atoms with Crippen molar-refractivity contribution in [3.63, 3.8) is 0 Å². The van der Waals surface area contributed by atoms with Crippen LogP contribution in [0.1, 0.15) is 0 Å². The average Bonchev–Trinajstić information content (AvgIpc) is 2.84. The summed E-state index contributed by atoms with van der Waals surface area (Å²) < 4.78 is 2.20. The number of fused-ring (bicyclic) bond motifs is 1. The second-order valence-electron chi connectivity index (χ2n) is 3.57. The highest BCUT2D eigenvalue weighted by Gasteiger charge is 2.06. The minimum absolute atomic E-state index is 0.676. The first-order valence-corrected chi connectivity index (χ1v) is 5.64. The van der Waals surface area contributed by atoms with Gasteiger partial charge in [-0.05, 0) is 24.9 Å². The molecule has 0 saturated carbocycles. The van der Waals surface area contributed by atoms with Gasteiger partial charge in [0.05, 0.1) is 11.3 Å². The molecule has 0 spiro atoms. The van der Waals surface area contributed by atoms with Gasteiger partial charge in [-0.15, -0.1) is 0 Å². The van der Waals surface area contributed by atoms with Gasteiger partial charge in [0.1, 0.15) is 4.64 Å². The van der Waals surface area contributed by atoms with Crippen molar-refractivity contribution >= 4 is 35.9 Å². The molecular formula is C11H9N3S2. The molecule has 3 aromatic rings. The number of thiol groups is 1. The van der Waals surface area contributed by atoms with Gasteiger partial charge < -0.3 is 4.98 Å². The van der Waals surface area contributed by atoms with Crippen molar-refractivity contribution in [3.05, 3.63) is 41.2 Å². The quantitative estimate of drug-likeness (QED) is 0.447. The number of aromatic nitrogens is 3. The van der Waals surface area contributed by atoms with Crippen LogP contribution < -0.4 is 0 Å². The fourth-order valence-electron chi connectivity index (χ4n) is 1.77. The highest BCUT2D eigenvalue weighted by molar-refractivity contribution is 7.79. The molecule has 2 aromatic heterocycles. The Labute approximate surface area is 103 Å². The van der Waals surface area contributed by atoms with Crippen LogP contribution >= 0.6 is 25.0 Å². The van der Waals surface area contributed by atoms with E-state index in [9.17, 15) is 0 Å². The van der Waals surface area contributed by atoms with Crippen LogP contribution in [0.4, 0.5) is 0 Å². The smallest absolute Gasteiger partial charge is 0.143 e. The summed E-state index contributed by atoms with van der Waals surface area (Å²) in [5.74, 6) is 0. The Bertz CT molecular complexity index is 672. The van der Waals surface area contributed by atoms with E-state index in [4.69, 9.17) is 12.2 Å². The first-order valence-electron chi connectivity index (χ1n) is 4.83. The van der Waals surface area contributed by atoms with Crippen molar-refractivity contribution in [1.29, 1.82) is 0 Å². The van der Waals surface area contributed by atoms with Crippen molar-refractivity contribution in [1.82, 2.24) is 14.2 Å². The molecule has 0 saturated heterocycles. The van der Waals surface area contributed by atoms with Crippen LogP contribution in [-0.4, -0.2) is 14.2 Å². The fourth-order valence-corrected chi connectivity index (χ4v) is 2.16. The molecule has 0 aliphatic rings. The molecule has 80 valence electrons. The topological polar surface area (TPSA) is 36.5 Å². The lowest BCUT2D eigenvalue weighted by Gasteiger charge is -1.89. The summed E-state index contributed by atoms with van der Waals surface area (Å²) in [7, 11) is 0. The summed E-state index contributed by atoms with van der Waals surface area (Å²) in [5, 5.41) is 4.12. The van der Waals surface area contributed by atoms with E-state index in [0.717, 1.165) is 16.8 Å². The van der Waals surface area contributed by atoms with E-state index >= 15 is 0 Å². The highest BCUT2D eigenvalue weighted by Crippen LogP contribution is 2.24. The predicted octanol–water partition coefficient (Wildman–Crippen LogP) is 3.39. The Hall–Kier alpha value is -1.46. The fraction of sp³-hybridized carbons (Fsp3) is 0. The molecule has 0 radical (unpaired) electrons. The molecular weight excluding hydrogens is 238 g/mol. The zero-order chi connectivity index (χ0) is 11.1. The summed E-state index contributed by atoms with van der Waals surface area (Å²) >= 11 is 9.42. The summed E-state index contributed by atoms with van der Waals surface area (Å²) in [6.45, 7) is 0. The van der Waals surface area contributed by atoms with Gasteiger partial charge in [0.2, 0.25) is 0 Å². The molecule has 3 nitrogen and oxygen atoms in total. The van der Waals surface area contributed by atoms with Crippen molar-refractivity contribution in [2.24, 2.45) is 0 Å². The van der Waals surface area contributed by atoms with Gasteiger partial charge in [-0.25, -0.2) is 4.09 Å². The largest absolute Gasteiger partial charge is 0.354 e. The van der Waals surface area contributed by atoms with Crippen LogP contribution in [0.5, 0.6) is 0 Å². The standard InChI is InChI=1S/C11H9N3S2/c15-11-8(6-12-14(11)16)10-5-7-3-1-2-4-9(7)13-10/h1-6,12-13,16H. The summed E-state index contributed by atoms with van der Waals surface area (Å²) in [5.41, 5.74) is 3.08. The lowest BCUT2D eigenvalue weighted by molar-refractivity contribution is 1.01. The second-order valence-corrected chi connectivity index (χ2v) is 4.36. The van der Waals surface area contributed by atoms with Gasteiger partial charge in [0.25, 0.3) is 0 Å². The number of hydrogen-bond donors (Lipinski definition) is 3. The third kappa shape index (κ3) is 1.40. The molecule has 2 N–H and O–H groups in total. The molecule has 0 aliphatic heterocycles. The van der Waals surface area contributed by atoms with E-state index in [1.165, 1.54) is 9.47 Å². The van der Waals surface area contributed by atoms with E-state index in [1.54, 1.807) is 0 Å². The number of aromatic amines is 2. The molecule has 0 aliphatic carbocycles. The monoisotopic (exact) mass is 247 g/mol. The number of rotatable bonds is 1.